The number of benzene rings is 2. The molecule has 0 aromatic heterocycles. The topological polar surface area (TPSA) is 57.1 Å². The Morgan fingerprint density at radius 3 is 2.50 bits per heavy atom. The molecule has 134 valence electrons. The minimum Gasteiger partial charge on any atom is -0.493 e. The molecule has 2 aromatic rings. The minimum atomic E-state index is -2.97. The predicted molar refractivity (Wildman–Crippen MR) is 91.4 cm³/mol. The number of esters is 1. The van der Waals surface area contributed by atoms with Crippen molar-refractivity contribution in [3.05, 3.63) is 64.9 Å². The van der Waals surface area contributed by atoms with Gasteiger partial charge in [0.2, 0.25) is 5.90 Å². The monoisotopic (exact) mass is 359 g/mol. The smallest absolute Gasteiger partial charge is 0.387 e. The van der Waals surface area contributed by atoms with Crippen molar-refractivity contribution >= 4 is 17.9 Å². The van der Waals surface area contributed by atoms with Gasteiger partial charge in [0.1, 0.15) is 0 Å². The van der Waals surface area contributed by atoms with Crippen LogP contribution in [0.2, 0.25) is 0 Å². The van der Waals surface area contributed by atoms with Crippen LogP contribution < -0.4 is 9.47 Å². The lowest BCUT2D eigenvalue weighted by atomic mass is 10.1. The van der Waals surface area contributed by atoms with Gasteiger partial charge in [0.05, 0.1) is 7.11 Å². The van der Waals surface area contributed by atoms with E-state index in [1.165, 1.54) is 25.3 Å². The standard InChI is InChI=1S/C19H15F2NO4/c1-11-3-5-12(6-4-11)9-14-18(23)26-17(22-14)13-7-8-15(25-19(20)21)16(10-13)24-2/h3-10,19H,1-2H3/b14-9-. The number of methoxy groups -OCH3 is 1. The van der Waals surface area contributed by atoms with Crippen molar-refractivity contribution in [1.29, 1.82) is 0 Å². The lowest BCUT2D eigenvalue weighted by Gasteiger charge is -2.10. The van der Waals surface area contributed by atoms with E-state index in [9.17, 15) is 13.6 Å². The maximum absolute atomic E-state index is 12.4. The SMILES string of the molecule is COc1cc(C2=N/C(=C\c3ccc(C)cc3)C(=O)O2)ccc1OC(F)F. The molecule has 0 bridgehead atoms. The zero-order chi connectivity index (χ0) is 18.7. The summed E-state index contributed by atoms with van der Waals surface area (Å²) in [5.41, 5.74) is 2.47. The molecule has 1 aliphatic heterocycles. The van der Waals surface area contributed by atoms with E-state index in [-0.39, 0.29) is 23.1 Å². The van der Waals surface area contributed by atoms with Crippen molar-refractivity contribution in [3.8, 4) is 11.5 Å². The third-order valence-electron chi connectivity index (χ3n) is 3.63. The zero-order valence-corrected chi connectivity index (χ0v) is 14.0. The largest absolute Gasteiger partial charge is 0.493 e. The number of aryl methyl sites for hydroxylation is 1. The van der Waals surface area contributed by atoms with Crippen molar-refractivity contribution < 1.29 is 27.8 Å². The second-order valence-electron chi connectivity index (χ2n) is 5.49. The Morgan fingerprint density at radius 1 is 1.12 bits per heavy atom. The molecule has 1 aliphatic rings. The Hall–Kier alpha value is -3.22. The minimum absolute atomic E-state index is 0.0651. The maximum Gasteiger partial charge on any atom is 0.387 e. The summed E-state index contributed by atoms with van der Waals surface area (Å²) < 4.78 is 39.4. The molecular weight excluding hydrogens is 344 g/mol. The zero-order valence-electron chi connectivity index (χ0n) is 14.0. The fourth-order valence-corrected chi connectivity index (χ4v) is 2.35. The first-order chi connectivity index (χ1) is 12.5. The summed E-state index contributed by atoms with van der Waals surface area (Å²) in [6, 6.07) is 11.7. The van der Waals surface area contributed by atoms with E-state index in [4.69, 9.17) is 9.47 Å². The second-order valence-corrected chi connectivity index (χ2v) is 5.49. The van der Waals surface area contributed by atoms with E-state index in [2.05, 4.69) is 9.73 Å². The van der Waals surface area contributed by atoms with Gasteiger partial charge in [0.15, 0.2) is 17.2 Å². The number of hydrogen-bond donors (Lipinski definition) is 0. The van der Waals surface area contributed by atoms with Gasteiger partial charge in [-0.15, -0.1) is 0 Å². The van der Waals surface area contributed by atoms with Crippen LogP contribution in [0.25, 0.3) is 6.08 Å². The third kappa shape index (κ3) is 3.88. The van der Waals surface area contributed by atoms with Gasteiger partial charge in [-0.1, -0.05) is 29.8 Å². The number of rotatable bonds is 5. The van der Waals surface area contributed by atoms with Gasteiger partial charge in [-0.2, -0.15) is 8.78 Å². The van der Waals surface area contributed by atoms with E-state index in [1.54, 1.807) is 6.08 Å². The Labute approximate surface area is 148 Å². The third-order valence-corrected chi connectivity index (χ3v) is 3.63. The quantitative estimate of drug-likeness (QED) is 0.599. The van der Waals surface area contributed by atoms with Crippen LogP contribution in [-0.4, -0.2) is 25.6 Å². The molecule has 0 aliphatic carbocycles. The van der Waals surface area contributed by atoms with Crippen LogP contribution in [0.4, 0.5) is 8.78 Å². The van der Waals surface area contributed by atoms with Gasteiger partial charge >= 0.3 is 12.6 Å². The molecular formula is C19H15F2NO4. The fraction of sp³-hybridized carbons (Fsp3) is 0.158. The van der Waals surface area contributed by atoms with Crippen LogP contribution in [-0.2, 0) is 9.53 Å². The van der Waals surface area contributed by atoms with Crippen molar-refractivity contribution in [2.75, 3.05) is 7.11 Å². The highest BCUT2D eigenvalue weighted by Gasteiger charge is 2.25. The molecule has 1 heterocycles. The van der Waals surface area contributed by atoms with E-state index in [0.717, 1.165) is 11.1 Å². The van der Waals surface area contributed by atoms with Crippen molar-refractivity contribution in [1.82, 2.24) is 0 Å². The summed E-state index contributed by atoms with van der Waals surface area (Å²) in [5.74, 6) is -0.563. The highest BCUT2D eigenvalue weighted by atomic mass is 19.3. The van der Waals surface area contributed by atoms with Crippen LogP contribution >= 0.6 is 0 Å². The number of alkyl halides is 2. The normalized spacial score (nSPS) is 15.2. The molecule has 0 radical (unpaired) electrons. The first kappa shape index (κ1) is 17.6. The fourth-order valence-electron chi connectivity index (χ4n) is 2.35. The second kappa shape index (κ2) is 7.35. The van der Waals surface area contributed by atoms with Crippen LogP contribution in [0.3, 0.4) is 0 Å². The highest BCUT2D eigenvalue weighted by molar-refractivity contribution is 6.13. The Kier molecular flexibility index (Phi) is 4.97. The van der Waals surface area contributed by atoms with Gasteiger partial charge in [-0.3, -0.25) is 0 Å². The first-order valence-electron chi connectivity index (χ1n) is 7.68. The number of carbonyl (C=O) groups is 1. The number of ether oxygens (including phenoxy) is 3. The van der Waals surface area contributed by atoms with E-state index in [0.29, 0.717) is 5.56 Å². The Balaban J connectivity index is 1.90. The van der Waals surface area contributed by atoms with Crippen molar-refractivity contribution in [2.45, 2.75) is 13.5 Å². The van der Waals surface area contributed by atoms with Crippen LogP contribution in [0.5, 0.6) is 11.5 Å². The molecule has 0 unspecified atom stereocenters. The molecule has 3 rings (SSSR count). The van der Waals surface area contributed by atoms with Crippen LogP contribution in [0.15, 0.2) is 53.2 Å². The number of halogens is 2. The molecule has 7 heteroatoms. The summed E-state index contributed by atoms with van der Waals surface area (Å²) in [4.78, 5) is 16.2. The average molecular weight is 359 g/mol. The number of aliphatic imine (C=N–C) groups is 1. The summed E-state index contributed by atoms with van der Waals surface area (Å²) >= 11 is 0. The summed E-state index contributed by atoms with van der Waals surface area (Å²) in [5, 5.41) is 0. The van der Waals surface area contributed by atoms with Gasteiger partial charge in [0, 0.05) is 5.56 Å². The van der Waals surface area contributed by atoms with Crippen molar-refractivity contribution in [2.24, 2.45) is 4.99 Å². The Morgan fingerprint density at radius 2 is 1.85 bits per heavy atom. The van der Waals surface area contributed by atoms with Gasteiger partial charge in [-0.25, -0.2) is 9.79 Å². The lowest BCUT2D eigenvalue weighted by molar-refractivity contribution is -0.129. The number of nitrogens with zero attached hydrogens (tertiary/aromatic N) is 1. The molecule has 0 fully saturated rings. The maximum atomic E-state index is 12.4. The molecule has 0 spiro atoms. The number of hydrogen-bond acceptors (Lipinski definition) is 5. The molecule has 0 amide bonds. The summed E-state index contributed by atoms with van der Waals surface area (Å²) in [6.45, 7) is -1.01. The van der Waals surface area contributed by atoms with E-state index >= 15 is 0 Å². The van der Waals surface area contributed by atoms with Crippen LogP contribution in [0.1, 0.15) is 16.7 Å². The Bertz CT molecular complexity index is 889. The predicted octanol–water partition coefficient (Wildman–Crippen LogP) is 3.95. The highest BCUT2D eigenvalue weighted by Crippen LogP contribution is 2.31. The first-order valence-corrected chi connectivity index (χ1v) is 7.68. The molecule has 5 nitrogen and oxygen atoms in total. The molecule has 26 heavy (non-hydrogen) atoms. The number of carbonyl (C=O) groups excluding carboxylic acids is 1. The molecule has 0 saturated carbocycles. The molecule has 2 aromatic carbocycles. The molecule has 0 saturated heterocycles. The van der Waals surface area contributed by atoms with E-state index < -0.39 is 12.6 Å². The number of cyclic esters (lactones) is 1. The van der Waals surface area contributed by atoms with Gasteiger partial charge in [-0.05, 0) is 36.8 Å². The van der Waals surface area contributed by atoms with E-state index in [1.807, 2.05) is 31.2 Å². The van der Waals surface area contributed by atoms with Gasteiger partial charge in [0.25, 0.3) is 0 Å². The van der Waals surface area contributed by atoms with Gasteiger partial charge < -0.3 is 14.2 Å². The molecule has 0 N–H and O–H groups in total. The summed E-state index contributed by atoms with van der Waals surface area (Å²) in [6.07, 6.45) is 1.61. The average Bonchev–Trinajstić information content (AvgIpc) is 2.97. The van der Waals surface area contributed by atoms with Crippen LogP contribution in [0, 0.1) is 6.92 Å². The van der Waals surface area contributed by atoms with Crippen molar-refractivity contribution in [3.63, 3.8) is 0 Å². The lowest BCUT2D eigenvalue weighted by Crippen LogP contribution is -2.07. The summed E-state index contributed by atoms with van der Waals surface area (Å²) in [7, 11) is 1.32. The molecule has 0 atom stereocenters.